The molecule has 1 aromatic heterocycles. The Hall–Kier alpha value is -1.29. The smallest absolute Gasteiger partial charge is 0.337 e. The van der Waals surface area contributed by atoms with Gasteiger partial charge in [-0.05, 0) is 19.9 Å². The Labute approximate surface area is 82.1 Å². The van der Waals surface area contributed by atoms with E-state index < -0.39 is 5.97 Å². The molecular weight excluding hydrogens is 182 g/mol. The minimum absolute atomic E-state index is 0.207. The monoisotopic (exact) mass is 195 g/mol. The van der Waals surface area contributed by atoms with E-state index in [0.29, 0.717) is 18.7 Å². The second-order valence-corrected chi connectivity index (χ2v) is 4.16. The topological polar surface area (TPSA) is 51.5 Å². The Bertz CT molecular complexity index is 379. The summed E-state index contributed by atoms with van der Waals surface area (Å²) in [6.07, 6.45) is 1.81. The van der Waals surface area contributed by atoms with E-state index in [1.54, 1.807) is 6.07 Å². The third kappa shape index (κ3) is 1.42. The summed E-state index contributed by atoms with van der Waals surface area (Å²) in [4.78, 5) is 10.8. The van der Waals surface area contributed by atoms with Gasteiger partial charge in [-0.15, -0.1) is 0 Å². The van der Waals surface area contributed by atoms with Gasteiger partial charge >= 0.3 is 5.97 Å². The molecule has 76 valence electrons. The number of ether oxygens (including phenoxy) is 1. The van der Waals surface area contributed by atoms with E-state index in [2.05, 4.69) is 0 Å². The quantitative estimate of drug-likeness (QED) is 0.738. The Morgan fingerprint density at radius 2 is 2.36 bits per heavy atom. The van der Waals surface area contributed by atoms with E-state index in [-0.39, 0.29) is 5.60 Å². The molecule has 1 N–H and O–H groups in total. The van der Waals surface area contributed by atoms with Crippen LogP contribution in [0.1, 0.15) is 29.9 Å². The van der Waals surface area contributed by atoms with Crippen LogP contribution in [0.15, 0.2) is 12.3 Å². The van der Waals surface area contributed by atoms with Crippen molar-refractivity contribution in [2.24, 2.45) is 0 Å². The molecule has 0 radical (unpaired) electrons. The zero-order valence-corrected chi connectivity index (χ0v) is 8.28. The molecule has 0 amide bonds. The first-order valence-corrected chi connectivity index (χ1v) is 4.55. The lowest BCUT2D eigenvalue weighted by molar-refractivity contribution is -0.0629. The number of nitrogens with zero attached hydrogens (tertiary/aromatic N) is 1. The molecule has 14 heavy (non-hydrogen) atoms. The Morgan fingerprint density at radius 3 is 3.00 bits per heavy atom. The number of carbonyl (C=O) groups is 1. The van der Waals surface area contributed by atoms with Crippen LogP contribution in [0.4, 0.5) is 0 Å². The number of aromatic nitrogens is 1. The van der Waals surface area contributed by atoms with Gasteiger partial charge in [-0.2, -0.15) is 0 Å². The van der Waals surface area contributed by atoms with Crippen LogP contribution in [0.25, 0.3) is 0 Å². The molecule has 2 heterocycles. The maximum atomic E-state index is 10.8. The largest absolute Gasteiger partial charge is 0.478 e. The van der Waals surface area contributed by atoms with Gasteiger partial charge in [0, 0.05) is 6.20 Å². The van der Waals surface area contributed by atoms with Gasteiger partial charge in [-0.25, -0.2) is 4.79 Å². The fraction of sp³-hybridized carbons (Fsp3) is 0.500. The number of carboxylic acid groups (broad SMARTS) is 1. The maximum absolute atomic E-state index is 10.8. The van der Waals surface area contributed by atoms with Crippen LogP contribution in [0, 0.1) is 0 Å². The molecule has 2 rings (SSSR count). The predicted octanol–water partition coefficient (Wildman–Crippen LogP) is 1.50. The summed E-state index contributed by atoms with van der Waals surface area (Å²) < 4.78 is 7.51. The molecular formula is C10H13NO3. The van der Waals surface area contributed by atoms with Crippen molar-refractivity contribution in [1.29, 1.82) is 0 Å². The number of rotatable bonds is 1. The lowest BCUT2D eigenvalue weighted by atomic mass is 10.1. The van der Waals surface area contributed by atoms with Crippen molar-refractivity contribution in [3.63, 3.8) is 0 Å². The summed E-state index contributed by atoms with van der Waals surface area (Å²) in [5.41, 5.74) is 0.902. The Kier molecular flexibility index (Phi) is 1.89. The fourth-order valence-corrected chi connectivity index (χ4v) is 1.73. The predicted molar refractivity (Wildman–Crippen MR) is 50.3 cm³/mol. The Balaban J connectivity index is 2.39. The van der Waals surface area contributed by atoms with E-state index in [0.717, 1.165) is 5.69 Å². The highest BCUT2D eigenvalue weighted by molar-refractivity contribution is 5.89. The van der Waals surface area contributed by atoms with Crippen molar-refractivity contribution in [3.8, 4) is 0 Å². The van der Waals surface area contributed by atoms with Crippen molar-refractivity contribution < 1.29 is 14.6 Å². The van der Waals surface area contributed by atoms with Crippen LogP contribution >= 0.6 is 0 Å². The van der Waals surface area contributed by atoms with Crippen LogP contribution in [0.2, 0.25) is 0 Å². The Morgan fingerprint density at radius 1 is 1.64 bits per heavy atom. The fourth-order valence-electron chi connectivity index (χ4n) is 1.73. The van der Waals surface area contributed by atoms with Crippen LogP contribution in [-0.4, -0.2) is 21.2 Å². The summed E-state index contributed by atoms with van der Waals surface area (Å²) in [6, 6.07) is 1.63. The number of carboxylic acids is 1. The van der Waals surface area contributed by atoms with Gasteiger partial charge in [-0.1, -0.05) is 0 Å². The van der Waals surface area contributed by atoms with Crippen LogP contribution in [0.3, 0.4) is 0 Å². The van der Waals surface area contributed by atoms with Gasteiger partial charge in [-0.3, -0.25) is 0 Å². The van der Waals surface area contributed by atoms with Crippen molar-refractivity contribution >= 4 is 5.97 Å². The molecule has 0 spiro atoms. The minimum atomic E-state index is -0.887. The van der Waals surface area contributed by atoms with Crippen molar-refractivity contribution in [1.82, 2.24) is 4.57 Å². The molecule has 0 unspecified atom stereocenters. The summed E-state index contributed by atoms with van der Waals surface area (Å²) in [5, 5.41) is 8.89. The van der Waals surface area contributed by atoms with E-state index in [9.17, 15) is 4.79 Å². The van der Waals surface area contributed by atoms with E-state index >= 15 is 0 Å². The number of fused-ring (bicyclic) bond motifs is 1. The normalized spacial score (nSPS) is 19.0. The number of hydrogen-bond acceptors (Lipinski definition) is 2. The molecule has 0 saturated heterocycles. The van der Waals surface area contributed by atoms with Gasteiger partial charge in [0.1, 0.15) is 0 Å². The number of hydrogen-bond donors (Lipinski definition) is 1. The summed E-state index contributed by atoms with van der Waals surface area (Å²) >= 11 is 0. The number of aromatic carboxylic acids is 1. The van der Waals surface area contributed by atoms with Crippen LogP contribution < -0.4 is 0 Å². The molecule has 0 saturated carbocycles. The van der Waals surface area contributed by atoms with Gasteiger partial charge in [0.25, 0.3) is 0 Å². The third-order valence-corrected chi connectivity index (χ3v) is 2.46. The van der Waals surface area contributed by atoms with Gasteiger partial charge < -0.3 is 14.4 Å². The molecule has 1 aromatic rings. The van der Waals surface area contributed by atoms with Crippen molar-refractivity contribution in [3.05, 3.63) is 23.5 Å². The molecule has 0 atom stereocenters. The van der Waals surface area contributed by atoms with E-state index in [1.165, 1.54) is 0 Å². The zero-order chi connectivity index (χ0) is 10.3. The summed E-state index contributed by atoms with van der Waals surface area (Å²) in [6.45, 7) is 5.07. The molecule has 0 bridgehead atoms. The molecule has 0 aromatic carbocycles. The third-order valence-electron chi connectivity index (χ3n) is 2.46. The lowest BCUT2D eigenvalue weighted by Gasteiger charge is -2.32. The average Bonchev–Trinajstić information content (AvgIpc) is 2.44. The lowest BCUT2D eigenvalue weighted by Crippen LogP contribution is -2.35. The molecule has 4 heteroatoms. The highest BCUT2D eigenvalue weighted by Gasteiger charge is 2.28. The molecule has 1 aliphatic rings. The standard InChI is InChI=1S/C10H13NO3/c1-10(2)6-11-4-3-7(9(12)13)8(11)5-14-10/h3-4H,5-6H2,1-2H3,(H,12,13). The second kappa shape index (κ2) is 2.85. The molecule has 1 aliphatic heterocycles. The van der Waals surface area contributed by atoms with Crippen LogP contribution in [-0.2, 0) is 17.9 Å². The highest BCUT2D eigenvalue weighted by atomic mass is 16.5. The summed E-state index contributed by atoms with van der Waals surface area (Å²) in [7, 11) is 0. The van der Waals surface area contributed by atoms with E-state index in [1.807, 2.05) is 24.6 Å². The molecule has 4 nitrogen and oxygen atoms in total. The minimum Gasteiger partial charge on any atom is -0.478 e. The average molecular weight is 195 g/mol. The van der Waals surface area contributed by atoms with Crippen molar-refractivity contribution in [2.45, 2.75) is 32.6 Å². The van der Waals surface area contributed by atoms with Gasteiger partial charge in [0.2, 0.25) is 0 Å². The summed E-state index contributed by atoms with van der Waals surface area (Å²) in [5.74, 6) is -0.887. The molecule has 0 aliphatic carbocycles. The molecule has 0 fully saturated rings. The van der Waals surface area contributed by atoms with Crippen molar-refractivity contribution in [2.75, 3.05) is 0 Å². The first-order valence-electron chi connectivity index (χ1n) is 4.55. The zero-order valence-electron chi connectivity index (χ0n) is 8.28. The van der Waals surface area contributed by atoms with Gasteiger partial charge in [0.15, 0.2) is 0 Å². The van der Waals surface area contributed by atoms with Gasteiger partial charge in [0.05, 0.1) is 30.0 Å². The SMILES string of the molecule is CC1(C)Cn2ccc(C(=O)O)c2CO1. The van der Waals surface area contributed by atoms with E-state index in [4.69, 9.17) is 9.84 Å². The first kappa shape index (κ1) is 9.27. The van der Waals surface area contributed by atoms with Crippen LogP contribution in [0.5, 0.6) is 0 Å². The maximum Gasteiger partial charge on any atom is 0.337 e. The second-order valence-electron chi connectivity index (χ2n) is 4.16. The first-order chi connectivity index (χ1) is 6.49. The highest BCUT2D eigenvalue weighted by Crippen LogP contribution is 2.25.